The maximum atomic E-state index is 12.0. The molecule has 164 valence electrons. The van der Waals surface area contributed by atoms with Crippen LogP contribution >= 0.6 is 0 Å². The summed E-state index contributed by atoms with van der Waals surface area (Å²) in [6, 6.07) is 0. The molecule has 0 aromatic rings. The van der Waals surface area contributed by atoms with Gasteiger partial charge in [-0.1, -0.05) is 38.2 Å². The summed E-state index contributed by atoms with van der Waals surface area (Å²) in [5.41, 5.74) is 0.218. The lowest BCUT2D eigenvalue weighted by Crippen LogP contribution is -2.65. The molecule has 30 heavy (non-hydrogen) atoms. The van der Waals surface area contributed by atoms with Crippen molar-refractivity contribution >= 4 is 0 Å². The third-order valence-electron chi connectivity index (χ3n) is 11.4. The van der Waals surface area contributed by atoms with Crippen LogP contribution in [-0.2, 0) is 0 Å². The van der Waals surface area contributed by atoms with Gasteiger partial charge in [-0.3, -0.25) is 0 Å². The van der Waals surface area contributed by atoms with Crippen LogP contribution in [0.2, 0.25) is 0 Å². The van der Waals surface area contributed by atoms with Crippen molar-refractivity contribution in [3.8, 4) is 11.8 Å². The maximum absolute atomic E-state index is 12.0. The van der Waals surface area contributed by atoms with Gasteiger partial charge in [0.1, 0.15) is 12.2 Å². The highest BCUT2D eigenvalue weighted by Crippen LogP contribution is 2.82. The standard InChI is InChI=1S/C26H36O4/c1-13-17-19-16(23(3)9-6-15(28)12-26(23,30)20(13)17)7-10-24(4)22(19)18-14(2)21(18)25(24,29)8-5-11-27/h14-19,21-22,27-30H,6-7,9-12H2,1-4H3/t14-,15-,16?,17+,18+,19?,21-,22?,23+,24-,25-,26+/m0/s1. The normalized spacial score (nSPS) is 62.3. The zero-order valence-corrected chi connectivity index (χ0v) is 18.7. The maximum Gasteiger partial charge on any atom is 0.134 e. The zero-order chi connectivity index (χ0) is 21.4. The first-order valence-electron chi connectivity index (χ1n) is 12.0. The SMILES string of the molecule is CC1=C2[C@H]1C1C3[C@@H]4[C@H](C)[C@@H]4[C@@](O)(C#CCO)[C@@]3(C)CCC1[C@@]1(C)CC[C@H](O)C[C@@]21O. The Bertz CT molecular complexity index is 914. The molecule has 5 fully saturated rings. The van der Waals surface area contributed by atoms with Crippen LogP contribution in [0, 0.1) is 64.1 Å². The molecule has 4 nitrogen and oxygen atoms in total. The summed E-state index contributed by atoms with van der Waals surface area (Å²) >= 11 is 0. The van der Waals surface area contributed by atoms with Crippen LogP contribution in [0.25, 0.3) is 0 Å². The van der Waals surface area contributed by atoms with Crippen molar-refractivity contribution in [2.75, 3.05) is 6.61 Å². The lowest BCUT2D eigenvalue weighted by molar-refractivity contribution is -0.202. The largest absolute Gasteiger partial charge is 0.393 e. The fraction of sp³-hybridized carbons (Fsp3) is 0.846. The van der Waals surface area contributed by atoms with Crippen LogP contribution < -0.4 is 0 Å². The highest BCUT2D eigenvalue weighted by atomic mass is 16.3. The van der Waals surface area contributed by atoms with Gasteiger partial charge in [0, 0.05) is 29.1 Å². The summed E-state index contributed by atoms with van der Waals surface area (Å²) in [7, 11) is 0. The van der Waals surface area contributed by atoms with Gasteiger partial charge in [-0.25, -0.2) is 0 Å². The fourth-order valence-electron chi connectivity index (χ4n) is 9.96. The quantitative estimate of drug-likeness (QED) is 0.364. The average molecular weight is 413 g/mol. The van der Waals surface area contributed by atoms with E-state index in [1.54, 1.807) is 0 Å². The van der Waals surface area contributed by atoms with Gasteiger partial charge in [-0.15, -0.1) is 0 Å². The number of aliphatic hydroxyl groups is 4. The van der Waals surface area contributed by atoms with Gasteiger partial charge >= 0.3 is 0 Å². The van der Waals surface area contributed by atoms with Crippen LogP contribution in [0.4, 0.5) is 0 Å². The molecular formula is C26H36O4. The predicted octanol–water partition coefficient (Wildman–Crippen LogP) is 2.50. The molecule has 4 heteroatoms. The molecule has 0 aliphatic heterocycles. The fourth-order valence-corrected chi connectivity index (χ4v) is 9.96. The highest BCUT2D eigenvalue weighted by Gasteiger charge is 2.82. The smallest absolute Gasteiger partial charge is 0.134 e. The summed E-state index contributed by atoms with van der Waals surface area (Å²) in [6.45, 7) is 8.78. The number of fused-ring (bicyclic) bond motifs is 10. The molecule has 0 heterocycles. The Morgan fingerprint density at radius 1 is 1.03 bits per heavy atom. The molecule has 0 saturated heterocycles. The van der Waals surface area contributed by atoms with Gasteiger partial charge < -0.3 is 20.4 Å². The van der Waals surface area contributed by atoms with E-state index in [0.717, 1.165) is 25.7 Å². The van der Waals surface area contributed by atoms with E-state index in [1.807, 2.05) is 0 Å². The van der Waals surface area contributed by atoms with Gasteiger partial charge in [0.15, 0.2) is 0 Å². The van der Waals surface area contributed by atoms with Crippen molar-refractivity contribution in [2.24, 2.45) is 52.3 Å². The lowest BCUT2D eigenvalue weighted by atomic mass is 9.42. The molecule has 4 N–H and O–H groups in total. The van der Waals surface area contributed by atoms with E-state index < -0.39 is 17.3 Å². The summed E-state index contributed by atoms with van der Waals surface area (Å²) in [5.74, 6) is 8.72. The van der Waals surface area contributed by atoms with Crippen molar-refractivity contribution in [2.45, 2.75) is 77.1 Å². The predicted molar refractivity (Wildman–Crippen MR) is 113 cm³/mol. The monoisotopic (exact) mass is 412 g/mol. The first-order chi connectivity index (χ1) is 14.1. The molecule has 0 bridgehead atoms. The van der Waals surface area contributed by atoms with E-state index in [-0.39, 0.29) is 23.4 Å². The molecular weight excluding hydrogens is 376 g/mol. The van der Waals surface area contributed by atoms with Crippen LogP contribution in [0.15, 0.2) is 11.1 Å². The molecule has 0 radical (unpaired) electrons. The summed E-state index contributed by atoms with van der Waals surface area (Å²) < 4.78 is 0. The second kappa shape index (κ2) is 5.54. The van der Waals surface area contributed by atoms with Crippen molar-refractivity contribution < 1.29 is 20.4 Å². The molecule has 5 saturated carbocycles. The molecule has 0 aromatic heterocycles. The lowest BCUT2D eigenvalue weighted by Gasteiger charge is -2.64. The third kappa shape index (κ3) is 1.89. The minimum atomic E-state index is -1.02. The van der Waals surface area contributed by atoms with Crippen LogP contribution in [0.3, 0.4) is 0 Å². The molecule has 6 aliphatic rings. The van der Waals surface area contributed by atoms with Crippen molar-refractivity contribution in [3.63, 3.8) is 0 Å². The minimum Gasteiger partial charge on any atom is -0.393 e. The van der Waals surface area contributed by atoms with Gasteiger partial charge in [0.25, 0.3) is 0 Å². The second-order valence-corrected chi connectivity index (χ2v) is 12.1. The molecule has 0 spiro atoms. The molecule has 6 aliphatic carbocycles. The van der Waals surface area contributed by atoms with Gasteiger partial charge in [-0.05, 0) is 67.8 Å². The van der Waals surface area contributed by atoms with E-state index in [2.05, 4.69) is 39.5 Å². The Morgan fingerprint density at radius 3 is 2.43 bits per heavy atom. The van der Waals surface area contributed by atoms with E-state index in [4.69, 9.17) is 0 Å². The van der Waals surface area contributed by atoms with Gasteiger partial charge in [-0.2, -0.15) is 0 Å². The Morgan fingerprint density at radius 2 is 1.73 bits per heavy atom. The first-order valence-corrected chi connectivity index (χ1v) is 12.0. The average Bonchev–Trinajstić information content (AvgIpc) is 3.54. The first kappa shape index (κ1) is 19.8. The van der Waals surface area contributed by atoms with Crippen LogP contribution in [0.5, 0.6) is 0 Å². The molecule has 3 unspecified atom stereocenters. The number of hydrogen-bond acceptors (Lipinski definition) is 4. The Kier molecular flexibility index (Phi) is 3.66. The van der Waals surface area contributed by atoms with E-state index in [9.17, 15) is 20.4 Å². The topological polar surface area (TPSA) is 80.9 Å². The minimum absolute atomic E-state index is 0.201. The second-order valence-electron chi connectivity index (χ2n) is 12.1. The van der Waals surface area contributed by atoms with E-state index in [1.165, 1.54) is 11.1 Å². The number of aliphatic hydroxyl groups excluding tert-OH is 2. The Labute approximate surface area is 179 Å². The Balaban J connectivity index is 1.46. The highest BCUT2D eigenvalue weighted by molar-refractivity contribution is 5.53. The van der Waals surface area contributed by atoms with Crippen LogP contribution in [-0.4, -0.2) is 44.3 Å². The van der Waals surface area contributed by atoms with Gasteiger partial charge in [0.2, 0.25) is 0 Å². The van der Waals surface area contributed by atoms with Crippen molar-refractivity contribution in [1.82, 2.24) is 0 Å². The van der Waals surface area contributed by atoms with E-state index >= 15 is 0 Å². The van der Waals surface area contributed by atoms with Gasteiger partial charge in [0.05, 0.1) is 11.7 Å². The third-order valence-corrected chi connectivity index (χ3v) is 11.4. The molecule has 0 amide bonds. The summed E-state index contributed by atoms with van der Waals surface area (Å²) in [5, 5.41) is 43.6. The zero-order valence-electron chi connectivity index (χ0n) is 18.7. The van der Waals surface area contributed by atoms with Crippen LogP contribution in [0.1, 0.15) is 59.8 Å². The molecule has 6 rings (SSSR count). The summed E-state index contributed by atoms with van der Waals surface area (Å²) in [6.07, 6.45) is 3.64. The summed E-state index contributed by atoms with van der Waals surface area (Å²) in [4.78, 5) is 0. The van der Waals surface area contributed by atoms with Crippen molar-refractivity contribution in [1.29, 1.82) is 0 Å². The number of rotatable bonds is 0. The van der Waals surface area contributed by atoms with E-state index in [0.29, 0.717) is 41.9 Å². The molecule has 12 atom stereocenters. The Hall–Kier alpha value is -0.860. The molecule has 0 aromatic carbocycles. The number of allylic oxidation sites excluding steroid dienone is 1. The number of hydrogen-bond donors (Lipinski definition) is 4. The van der Waals surface area contributed by atoms with Crippen molar-refractivity contribution in [3.05, 3.63) is 11.1 Å².